The van der Waals surface area contributed by atoms with Gasteiger partial charge in [-0.1, -0.05) is 18.2 Å². The Morgan fingerprint density at radius 1 is 1.26 bits per heavy atom. The summed E-state index contributed by atoms with van der Waals surface area (Å²) in [6.45, 7) is 2.58. The van der Waals surface area contributed by atoms with E-state index in [4.69, 9.17) is 15.2 Å². The lowest BCUT2D eigenvalue weighted by molar-refractivity contribution is 0.307. The zero-order valence-corrected chi connectivity index (χ0v) is 12.1. The first-order valence-electron chi connectivity index (χ1n) is 6.34. The van der Waals surface area contributed by atoms with Crippen molar-refractivity contribution in [3.63, 3.8) is 0 Å². The number of para-hydroxylation sites is 1. The Morgan fingerprint density at radius 2 is 2.11 bits per heavy atom. The van der Waals surface area contributed by atoms with Crippen LogP contribution in [0.4, 0.5) is 0 Å². The van der Waals surface area contributed by atoms with Gasteiger partial charge < -0.3 is 15.2 Å². The molecule has 2 aromatic rings. The van der Waals surface area contributed by atoms with Crippen LogP contribution in [0.15, 0.2) is 35.7 Å². The van der Waals surface area contributed by atoms with Gasteiger partial charge in [-0.2, -0.15) is 0 Å². The van der Waals surface area contributed by atoms with Gasteiger partial charge in [-0.3, -0.25) is 0 Å². The van der Waals surface area contributed by atoms with Gasteiger partial charge in [-0.15, -0.1) is 11.3 Å². The van der Waals surface area contributed by atoms with Crippen LogP contribution < -0.4 is 15.2 Å². The van der Waals surface area contributed by atoms with Crippen molar-refractivity contribution in [1.82, 2.24) is 0 Å². The van der Waals surface area contributed by atoms with Gasteiger partial charge in [0.05, 0.1) is 13.7 Å². The van der Waals surface area contributed by atoms with E-state index in [0.717, 1.165) is 23.5 Å². The predicted molar refractivity (Wildman–Crippen MR) is 79.1 cm³/mol. The molecule has 1 heterocycles. The highest BCUT2D eigenvalue weighted by Gasteiger charge is 2.15. The second-order valence-electron chi connectivity index (χ2n) is 4.21. The van der Waals surface area contributed by atoms with Crippen molar-refractivity contribution < 1.29 is 9.47 Å². The van der Waals surface area contributed by atoms with Crippen LogP contribution in [0.25, 0.3) is 0 Å². The van der Waals surface area contributed by atoms with E-state index >= 15 is 0 Å². The van der Waals surface area contributed by atoms with Crippen LogP contribution in [0.1, 0.15) is 23.4 Å². The molecule has 1 unspecified atom stereocenters. The molecule has 1 aromatic heterocycles. The fourth-order valence-corrected chi connectivity index (χ4v) is 2.76. The number of thiophene rings is 1. The molecular weight excluding hydrogens is 258 g/mol. The maximum atomic E-state index is 6.24. The van der Waals surface area contributed by atoms with Gasteiger partial charge in [0.25, 0.3) is 0 Å². The first-order chi connectivity index (χ1) is 9.26. The van der Waals surface area contributed by atoms with Gasteiger partial charge >= 0.3 is 0 Å². The van der Waals surface area contributed by atoms with E-state index in [9.17, 15) is 0 Å². The van der Waals surface area contributed by atoms with Gasteiger partial charge in [0.1, 0.15) is 0 Å². The molecule has 0 spiro atoms. The molecule has 1 aromatic carbocycles. The normalized spacial score (nSPS) is 12.2. The average Bonchev–Trinajstić information content (AvgIpc) is 2.95. The van der Waals surface area contributed by atoms with E-state index in [2.05, 4.69) is 6.07 Å². The molecule has 0 bridgehead atoms. The van der Waals surface area contributed by atoms with E-state index in [-0.39, 0.29) is 6.04 Å². The zero-order valence-electron chi connectivity index (χ0n) is 11.3. The zero-order chi connectivity index (χ0) is 13.7. The molecule has 19 heavy (non-hydrogen) atoms. The molecule has 102 valence electrons. The van der Waals surface area contributed by atoms with E-state index in [1.165, 1.54) is 4.88 Å². The third-order valence-corrected chi connectivity index (χ3v) is 3.92. The summed E-state index contributed by atoms with van der Waals surface area (Å²) in [7, 11) is 1.65. The molecule has 0 radical (unpaired) electrons. The Bertz CT molecular complexity index is 511. The van der Waals surface area contributed by atoms with Crippen LogP contribution in [0.3, 0.4) is 0 Å². The van der Waals surface area contributed by atoms with E-state index < -0.39 is 0 Å². The van der Waals surface area contributed by atoms with Crippen molar-refractivity contribution in [2.45, 2.75) is 19.4 Å². The van der Waals surface area contributed by atoms with Gasteiger partial charge in [-0.25, -0.2) is 0 Å². The van der Waals surface area contributed by atoms with Crippen molar-refractivity contribution in [2.24, 2.45) is 5.73 Å². The smallest absolute Gasteiger partial charge is 0.164 e. The number of hydrogen-bond donors (Lipinski definition) is 1. The molecule has 1 atom stereocenters. The second-order valence-corrected chi connectivity index (χ2v) is 5.19. The number of hydrogen-bond acceptors (Lipinski definition) is 4. The molecule has 0 aliphatic heterocycles. The third-order valence-electron chi connectivity index (χ3n) is 2.92. The minimum Gasteiger partial charge on any atom is -0.493 e. The summed E-state index contributed by atoms with van der Waals surface area (Å²) in [4.78, 5) is 1.19. The van der Waals surface area contributed by atoms with Crippen molar-refractivity contribution in [2.75, 3.05) is 13.7 Å². The lowest BCUT2D eigenvalue weighted by Crippen LogP contribution is -2.13. The maximum Gasteiger partial charge on any atom is 0.164 e. The molecule has 0 saturated carbocycles. The van der Waals surface area contributed by atoms with Gasteiger partial charge in [0.2, 0.25) is 0 Å². The molecule has 2 rings (SSSR count). The van der Waals surface area contributed by atoms with Gasteiger partial charge in [-0.05, 0) is 36.4 Å². The van der Waals surface area contributed by atoms with Crippen LogP contribution in [0.2, 0.25) is 0 Å². The van der Waals surface area contributed by atoms with E-state index in [0.29, 0.717) is 6.61 Å². The molecule has 0 amide bonds. The van der Waals surface area contributed by atoms with Crippen LogP contribution in [-0.4, -0.2) is 13.7 Å². The van der Waals surface area contributed by atoms with Crippen LogP contribution in [0, 0.1) is 0 Å². The second kappa shape index (κ2) is 6.59. The van der Waals surface area contributed by atoms with Crippen LogP contribution in [0.5, 0.6) is 11.5 Å². The lowest BCUT2D eigenvalue weighted by Gasteiger charge is -2.16. The first-order valence-corrected chi connectivity index (χ1v) is 7.21. The van der Waals surface area contributed by atoms with Crippen molar-refractivity contribution in [3.8, 4) is 11.5 Å². The van der Waals surface area contributed by atoms with Crippen LogP contribution in [-0.2, 0) is 6.42 Å². The average molecular weight is 277 g/mol. The fourth-order valence-electron chi connectivity index (χ4n) is 2.03. The molecule has 0 saturated heterocycles. The minimum atomic E-state index is -0.00804. The predicted octanol–water partition coefficient (Wildman–Crippen LogP) is 3.40. The summed E-state index contributed by atoms with van der Waals surface area (Å²) in [5.74, 6) is 1.57. The topological polar surface area (TPSA) is 44.5 Å². The Kier molecular flexibility index (Phi) is 4.82. The number of methoxy groups -OCH3 is 1. The largest absolute Gasteiger partial charge is 0.493 e. The lowest BCUT2D eigenvalue weighted by atomic mass is 10.0. The molecule has 3 nitrogen and oxygen atoms in total. The Morgan fingerprint density at radius 3 is 2.74 bits per heavy atom. The number of nitrogens with two attached hydrogens (primary N) is 1. The maximum absolute atomic E-state index is 6.24. The SMILES string of the molecule is CCOc1c(CC(N)c2cccs2)cccc1OC. The number of rotatable bonds is 6. The summed E-state index contributed by atoms with van der Waals surface area (Å²) in [6, 6.07) is 10.0. The Hall–Kier alpha value is -1.52. The van der Waals surface area contributed by atoms with E-state index in [1.807, 2.05) is 36.6 Å². The Balaban J connectivity index is 2.24. The third kappa shape index (κ3) is 3.28. The summed E-state index contributed by atoms with van der Waals surface area (Å²) >= 11 is 1.68. The highest BCUT2D eigenvalue weighted by molar-refractivity contribution is 7.10. The number of ether oxygens (including phenoxy) is 2. The monoisotopic (exact) mass is 277 g/mol. The fraction of sp³-hybridized carbons (Fsp3) is 0.333. The van der Waals surface area contributed by atoms with Crippen molar-refractivity contribution >= 4 is 11.3 Å². The quantitative estimate of drug-likeness (QED) is 0.880. The highest BCUT2D eigenvalue weighted by atomic mass is 32.1. The van der Waals surface area contributed by atoms with Crippen molar-refractivity contribution in [3.05, 3.63) is 46.2 Å². The molecule has 4 heteroatoms. The van der Waals surface area contributed by atoms with Gasteiger partial charge in [0.15, 0.2) is 11.5 Å². The summed E-state index contributed by atoms with van der Waals surface area (Å²) in [5, 5.41) is 2.05. The standard InChI is InChI=1S/C15H19NO2S/c1-3-18-15-11(6-4-7-13(15)17-2)10-12(16)14-8-5-9-19-14/h4-9,12H,3,10,16H2,1-2H3. The van der Waals surface area contributed by atoms with Crippen molar-refractivity contribution in [1.29, 1.82) is 0 Å². The summed E-state index contributed by atoms with van der Waals surface area (Å²) in [5.41, 5.74) is 7.33. The summed E-state index contributed by atoms with van der Waals surface area (Å²) < 4.78 is 11.0. The van der Waals surface area contributed by atoms with Crippen LogP contribution >= 0.6 is 11.3 Å². The molecule has 2 N–H and O–H groups in total. The van der Waals surface area contributed by atoms with Gasteiger partial charge in [0, 0.05) is 10.9 Å². The Labute approximate surface area is 118 Å². The summed E-state index contributed by atoms with van der Waals surface area (Å²) in [6.07, 6.45) is 0.743. The molecule has 0 fully saturated rings. The molecule has 0 aliphatic rings. The molecular formula is C15H19NO2S. The minimum absolute atomic E-state index is 0.00804. The number of benzene rings is 1. The highest BCUT2D eigenvalue weighted by Crippen LogP contribution is 2.33. The van der Waals surface area contributed by atoms with E-state index in [1.54, 1.807) is 18.4 Å². The molecule has 0 aliphatic carbocycles. The first kappa shape index (κ1) is 13.9.